The molecule has 0 amide bonds. The molecule has 0 aromatic rings. The van der Waals surface area contributed by atoms with Crippen molar-refractivity contribution in [2.45, 2.75) is 6.92 Å². The van der Waals surface area contributed by atoms with E-state index in [-0.39, 0.29) is 0 Å². The van der Waals surface area contributed by atoms with Gasteiger partial charge in [0.1, 0.15) is 6.29 Å². The van der Waals surface area contributed by atoms with Crippen LogP contribution in [0.25, 0.3) is 0 Å². The van der Waals surface area contributed by atoms with Gasteiger partial charge in [-0.05, 0) is 16.6 Å². The van der Waals surface area contributed by atoms with Gasteiger partial charge in [0, 0.05) is 0 Å². The Morgan fingerprint density at radius 3 is 2.33 bits per heavy atom. The average molecular weight is 196 g/mol. The Hall–Kier alpha value is 0.140. The van der Waals surface area contributed by atoms with E-state index < -0.39 is 0 Å². The number of hydrogen-bond donors (Lipinski definition) is 0. The zero-order valence-corrected chi connectivity index (χ0v) is 5.60. The lowest BCUT2D eigenvalue weighted by atomic mass is 10.4. The number of aldehydes is 1. The summed E-state index contributed by atoms with van der Waals surface area (Å²) in [6, 6.07) is 0. The highest BCUT2D eigenvalue weighted by Crippen LogP contribution is 1.90. The fraction of sp³-hybridized carbons (Fsp3) is 0.250. The van der Waals surface area contributed by atoms with Gasteiger partial charge in [-0.1, -0.05) is 22.6 Å². The Balaban J connectivity index is 3.50. The molecule has 34 valence electrons. The monoisotopic (exact) mass is 196 g/mol. The second kappa shape index (κ2) is 3.33. The van der Waals surface area contributed by atoms with E-state index in [1.54, 1.807) is 11.0 Å². The minimum atomic E-state index is 0.774. The number of hydrogen-bond acceptors (Lipinski definition) is 1. The summed E-state index contributed by atoms with van der Waals surface area (Å²) in [5.41, 5.74) is 0.774. The highest BCUT2D eigenvalue weighted by Gasteiger charge is 1.73. The molecule has 0 bridgehead atoms. The second-order valence-electron chi connectivity index (χ2n) is 0.971. The van der Waals surface area contributed by atoms with Crippen LogP contribution in [0.2, 0.25) is 0 Å². The lowest BCUT2D eigenvalue weighted by Crippen LogP contribution is -1.68. The molecule has 0 aliphatic rings. The molecule has 0 aromatic heterocycles. The van der Waals surface area contributed by atoms with Crippen molar-refractivity contribution in [1.82, 2.24) is 0 Å². The van der Waals surface area contributed by atoms with Crippen LogP contribution in [0, 0.1) is 0 Å². The zero-order valence-electron chi connectivity index (χ0n) is 3.44. The lowest BCUT2D eigenvalue weighted by molar-refractivity contribution is -0.104. The standard InChI is InChI=1S/C4H5IO/c1-4(2-5)3-6/h2-3H,1H3. The van der Waals surface area contributed by atoms with Crippen molar-refractivity contribution in [3.05, 3.63) is 9.66 Å². The quantitative estimate of drug-likeness (QED) is 0.353. The second-order valence-corrected chi connectivity index (χ2v) is 1.59. The summed E-state index contributed by atoms with van der Waals surface area (Å²) in [5, 5.41) is 0. The van der Waals surface area contributed by atoms with Crippen LogP contribution in [0.4, 0.5) is 0 Å². The molecular weight excluding hydrogens is 191 g/mol. The first-order chi connectivity index (χ1) is 2.81. The predicted molar refractivity (Wildman–Crippen MR) is 33.8 cm³/mol. The Labute approximate surface area is 50.6 Å². The van der Waals surface area contributed by atoms with Gasteiger partial charge in [0.15, 0.2) is 0 Å². The fourth-order valence-electron chi connectivity index (χ4n) is 0.0257. The fourth-order valence-corrected chi connectivity index (χ4v) is 0.173. The highest BCUT2D eigenvalue weighted by molar-refractivity contribution is 14.1. The highest BCUT2D eigenvalue weighted by atomic mass is 127. The first-order valence-electron chi connectivity index (χ1n) is 1.53. The molecule has 0 atom stereocenters. The third kappa shape index (κ3) is 2.38. The minimum Gasteiger partial charge on any atom is -0.298 e. The van der Waals surface area contributed by atoms with Crippen molar-refractivity contribution in [3.63, 3.8) is 0 Å². The largest absolute Gasteiger partial charge is 0.298 e. The van der Waals surface area contributed by atoms with Crippen molar-refractivity contribution in [2.75, 3.05) is 0 Å². The van der Waals surface area contributed by atoms with Crippen molar-refractivity contribution >= 4 is 28.9 Å². The van der Waals surface area contributed by atoms with Crippen LogP contribution < -0.4 is 0 Å². The van der Waals surface area contributed by atoms with Gasteiger partial charge in [0.25, 0.3) is 0 Å². The maximum atomic E-state index is 9.66. The topological polar surface area (TPSA) is 17.1 Å². The van der Waals surface area contributed by atoms with Crippen LogP contribution in [0.3, 0.4) is 0 Å². The van der Waals surface area contributed by atoms with E-state index in [2.05, 4.69) is 0 Å². The molecule has 0 N–H and O–H groups in total. The molecule has 0 spiro atoms. The smallest absolute Gasteiger partial charge is 0.146 e. The van der Waals surface area contributed by atoms with Crippen molar-refractivity contribution in [1.29, 1.82) is 0 Å². The molecular formula is C4H5IO. The molecule has 0 rings (SSSR count). The van der Waals surface area contributed by atoms with E-state index in [1.807, 2.05) is 22.6 Å². The molecule has 0 fully saturated rings. The zero-order chi connectivity index (χ0) is 4.99. The van der Waals surface area contributed by atoms with Crippen LogP contribution in [0.1, 0.15) is 6.92 Å². The van der Waals surface area contributed by atoms with E-state index in [4.69, 9.17) is 0 Å². The van der Waals surface area contributed by atoms with Gasteiger partial charge < -0.3 is 0 Å². The van der Waals surface area contributed by atoms with Crippen LogP contribution in [0.5, 0.6) is 0 Å². The van der Waals surface area contributed by atoms with Crippen LogP contribution in [-0.2, 0) is 4.79 Å². The summed E-state index contributed by atoms with van der Waals surface area (Å²) in [6.07, 6.45) is 0.826. The normalized spacial score (nSPS) is 11.3. The van der Waals surface area contributed by atoms with Gasteiger partial charge >= 0.3 is 0 Å². The van der Waals surface area contributed by atoms with E-state index in [0.717, 1.165) is 11.9 Å². The molecule has 0 unspecified atom stereocenters. The molecule has 0 radical (unpaired) electrons. The summed E-state index contributed by atoms with van der Waals surface area (Å²) in [5.74, 6) is 0. The van der Waals surface area contributed by atoms with Gasteiger partial charge in [-0.2, -0.15) is 0 Å². The van der Waals surface area contributed by atoms with Gasteiger partial charge in [-0.25, -0.2) is 0 Å². The van der Waals surface area contributed by atoms with Crippen molar-refractivity contribution in [2.24, 2.45) is 0 Å². The molecule has 0 saturated carbocycles. The maximum Gasteiger partial charge on any atom is 0.146 e. The molecule has 6 heavy (non-hydrogen) atoms. The number of rotatable bonds is 1. The van der Waals surface area contributed by atoms with Crippen molar-refractivity contribution < 1.29 is 4.79 Å². The minimum absolute atomic E-state index is 0.774. The van der Waals surface area contributed by atoms with E-state index in [1.165, 1.54) is 0 Å². The lowest BCUT2D eigenvalue weighted by Gasteiger charge is -1.72. The third-order valence-corrected chi connectivity index (χ3v) is 1.34. The van der Waals surface area contributed by atoms with E-state index in [9.17, 15) is 4.79 Å². The Kier molecular flexibility index (Phi) is 3.41. The molecule has 0 aliphatic carbocycles. The Morgan fingerprint density at radius 1 is 1.83 bits per heavy atom. The van der Waals surface area contributed by atoms with Gasteiger partial charge in [0.05, 0.1) is 0 Å². The summed E-state index contributed by atoms with van der Waals surface area (Å²) < 4.78 is 1.74. The summed E-state index contributed by atoms with van der Waals surface area (Å²) in [7, 11) is 0. The van der Waals surface area contributed by atoms with Crippen LogP contribution >= 0.6 is 22.6 Å². The predicted octanol–water partition coefficient (Wildman–Crippen LogP) is 1.52. The van der Waals surface area contributed by atoms with E-state index >= 15 is 0 Å². The summed E-state index contributed by atoms with van der Waals surface area (Å²) >= 11 is 2.02. The Bertz CT molecular complexity index is 75.6. The maximum absolute atomic E-state index is 9.66. The Morgan fingerprint density at radius 2 is 2.33 bits per heavy atom. The van der Waals surface area contributed by atoms with Crippen molar-refractivity contribution in [3.8, 4) is 0 Å². The van der Waals surface area contributed by atoms with Crippen LogP contribution in [0.15, 0.2) is 9.66 Å². The van der Waals surface area contributed by atoms with Gasteiger partial charge in [0.2, 0.25) is 0 Å². The SMILES string of the molecule is CC(C=O)=CI. The summed E-state index contributed by atoms with van der Waals surface area (Å²) in [4.78, 5) is 9.66. The molecule has 0 saturated heterocycles. The third-order valence-electron chi connectivity index (χ3n) is 0.358. The van der Waals surface area contributed by atoms with E-state index in [0.29, 0.717) is 0 Å². The number of carbonyl (C=O) groups excluding carboxylic acids is 1. The number of allylic oxidation sites excluding steroid dienone is 1. The van der Waals surface area contributed by atoms with Crippen LogP contribution in [-0.4, -0.2) is 6.29 Å². The first-order valence-corrected chi connectivity index (χ1v) is 2.78. The molecule has 2 heteroatoms. The molecule has 0 aromatic carbocycles. The van der Waals surface area contributed by atoms with Gasteiger partial charge in [-0.15, -0.1) is 0 Å². The van der Waals surface area contributed by atoms with Gasteiger partial charge in [-0.3, -0.25) is 4.79 Å². The number of halogens is 1. The molecule has 0 aliphatic heterocycles. The molecule has 1 nitrogen and oxygen atoms in total. The number of carbonyl (C=O) groups is 1. The molecule has 0 heterocycles. The first kappa shape index (κ1) is 6.14. The summed E-state index contributed by atoms with van der Waals surface area (Å²) in [6.45, 7) is 1.76. The average Bonchev–Trinajstić information content (AvgIpc) is 1.65.